The number of hydrogen-bond acceptors (Lipinski definition) is 9. The summed E-state index contributed by atoms with van der Waals surface area (Å²) in [6, 6.07) is 0. The lowest BCUT2D eigenvalue weighted by atomic mass is 10.1. The number of likely N-dealkylation sites (N-methyl/N-ethyl adjacent to an activating group) is 1. The summed E-state index contributed by atoms with van der Waals surface area (Å²) in [4.78, 5) is 35.4. The topological polar surface area (TPSA) is 149 Å². The van der Waals surface area contributed by atoms with Crippen molar-refractivity contribution in [1.29, 1.82) is 0 Å². The molecule has 0 saturated carbocycles. The molecule has 0 aromatic carbocycles. The van der Waals surface area contributed by atoms with E-state index in [-0.39, 0.29) is 26.1 Å². The molecule has 346 valence electrons. The molecule has 1 unspecified atom stereocenters. The number of nitrogens with zero attached hydrogens (tertiary/aromatic N) is 1. The maximum absolute atomic E-state index is 12.7. The van der Waals surface area contributed by atoms with E-state index in [0.29, 0.717) is 36.7 Å². The van der Waals surface area contributed by atoms with Gasteiger partial charge >= 0.3 is 19.8 Å². The van der Waals surface area contributed by atoms with Crippen LogP contribution >= 0.6 is 7.82 Å². The minimum Gasteiger partial charge on any atom is -0.462 e. The van der Waals surface area contributed by atoms with Crippen LogP contribution in [0.25, 0.3) is 0 Å². The minimum atomic E-state index is -4.44. The van der Waals surface area contributed by atoms with E-state index in [1.807, 2.05) is 27.2 Å². The highest BCUT2D eigenvalue weighted by atomic mass is 31.2. The van der Waals surface area contributed by atoms with Gasteiger partial charge in [0.15, 0.2) is 6.10 Å². The van der Waals surface area contributed by atoms with Crippen LogP contribution in [0.4, 0.5) is 0 Å². The number of hydrogen-bond donors (Lipinski definition) is 3. The smallest absolute Gasteiger partial charge is 0.462 e. The zero-order chi connectivity index (χ0) is 44.6. The number of aliphatic hydroxyl groups excluding tert-OH is 2. The van der Waals surface area contributed by atoms with Gasteiger partial charge in [-0.1, -0.05) is 145 Å². The van der Waals surface area contributed by atoms with E-state index < -0.39 is 44.7 Å². The van der Waals surface area contributed by atoms with Crippen molar-refractivity contribution in [3.63, 3.8) is 0 Å². The molecule has 3 N–H and O–H groups in total. The second-order valence-electron chi connectivity index (χ2n) is 16.5. The third kappa shape index (κ3) is 42.1. The molecular weight excluding hydrogens is 781 g/mol. The second-order valence-corrected chi connectivity index (χ2v) is 17.9. The van der Waals surface area contributed by atoms with E-state index in [4.69, 9.17) is 18.5 Å². The summed E-state index contributed by atoms with van der Waals surface area (Å²) in [5, 5.41) is 20.3. The Morgan fingerprint density at radius 2 is 1.15 bits per heavy atom. The Morgan fingerprint density at radius 3 is 1.75 bits per heavy atom. The van der Waals surface area contributed by atoms with Gasteiger partial charge in [-0.15, -0.1) is 0 Å². The van der Waals surface area contributed by atoms with Crippen molar-refractivity contribution in [2.24, 2.45) is 0 Å². The predicted octanol–water partition coefficient (Wildman–Crippen LogP) is 11.0. The molecule has 0 spiro atoms. The third-order valence-corrected chi connectivity index (χ3v) is 10.4. The highest BCUT2D eigenvalue weighted by molar-refractivity contribution is 7.47. The fourth-order valence-electron chi connectivity index (χ4n) is 5.71. The lowest BCUT2D eigenvalue weighted by Gasteiger charge is -2.24. The Morgan fingerprint density at radius 1 is 0.617 bits per heavy atom. The third-order valence-electron chi connectivity index (χ3n) is 9.40. The average Bonchev–Trinajstić information content (AvgIpc) is 3.19. The molecule has 0 aromatic rings. The molecule has 12 heteroatoms. The van der Waals surface area contributed by atoms with E-state index in [2.05, 4.69) is 44.2 Å². The molecule has 0 rings (SSSR count). The first-order valence-electron chi connectivity index (χ1n) is 22.9. The molecule has 0 saturated heterocycles. The molecule has 0 aliphatic heterocycles. The quantitative estimate of drug-likeness (QED) is 0.0136. The molecular formula is C48H85NO10P+. The molecule has 4 atom stereocenters. The van der Waals surface area contributed by atoms with Crippen LogP contribution in [0.3, 0.4) is 0 Å². The second kappa shape index (κ2) is 39.2. The van der Waals surface area contributed by atoms with Crippen molar-refractivity contribution in [3.8, 4) is 0 Å². The van der Waals surface area contributed by atoms with Crippen LogP contribution < -0.4 is 0 Å². The molecule has 0 aromatic heterocycles. The number of quaternary nitrogens is 1. The highest BCUT2D eigenvalue weighted by Gasteiger charge is 2.27. The first-order valence-corrected chi connectivity index (χ1v) is 24.4. The van der Waals surface area contributed by atoms with Crippen LogP contribution in [0.2, 0.25) is 0 Å². The van der Waals surface area contributed by atoms with Gasteiger partial charge < -0.3 is 29.1 Å². The minimum absolute atomic E-state index is 0.0131. The van der Waals surface area contributed by atoms with Gasteiger partial charge in [-0.2, -0.15) is 0 Å². The highest BCUT2D eigenvalue weighted by Crippen LogP contribution is 2.43. The molecule has 0 aliphatic carbocycles. The Bertz CT molecular complexity index is 1290. The van der Waals surface area contributed by atoms with Gasteiger partial charge in [0.25, 0.3) is 0 Å². The van der Waals surface area contributed by atoms with E-state index in [1.54, 1.807) is 36.5 Å². The molecule has 0 bridgehead atoms. The van der Waals surface area contributed by atoms with Gasteiger partial charge in [0, 0.05) is 12.8 Å². The SMILES string of the molecule is CCCCC/C=C\C/C=C\CCCCCCCCCC(=O)O[C@H](COC(=O)CCC[C@H](O)\C=C/C=C/C=C/[C@H](O)C/C=C\CCCCC)COP(=O)(O)OCC[N+](C)(C)C. The summed E-state index contributed by atoms with van der Waals surface area (Å²) in [7, 11) is 1.32. The maximum Gasteiger partial charge on any atom is 0.472 e. The number of carbonyl (C=O) groups excluding carboxylic acids is 2. The van der Waals surface area contributed by atoms with Crippen molar-refractivity contribution in [2.45, 2.75) is 173 Å². The van der Waals surface area contributed by atoms with Gasteiger partial charge in [0.2, 0.25) is 0 Å². The Hall–Kier alpha value is -2.63. The summed E-state index contributed by atoms with van der Waals surface area (Å²) < 4.78 is 34.1. The zero-order valence-corrected chi connectivity index (χ0v) is 39.0. The van der Waals surface area contributed by atoms with Gasteiger partial charge in [-0.25, -0.2) is 4.57 Å². The molecule has 0 heterocycles. The number of allylic oxidation sites excluding steroid dienone is 9. The van der Waals surface area contributed by atoms with Crippen molar-refractivity contribution in [3.05, 3.63) is 72.9 Å². The zero-order valence-electron chi connectivity index (χ0n) is 38.1. The van der Waals surface area contributed by atoms with Crippen molar-refractivity contribution in [2.75, 3.05) is 47.5 Å². The largest absolute Gasteiger partial charge is 0.472 e. The average molecular weight is 867 g/mol. The number of phosphoric ester groups is 1. The molecule has 0 radical (unpaired) electrons. The number of carbonyl (C=O) groups is 2. The number of phosphoric acid groups is 1. The number of rotatable bonds is 40. The summed E-state index contributed by atoms with van der Waals surface area (Å²) >= 11 is 0. The molecule has 11 nitrogen and oxygen atoms in total. The van der Waals surface area contributed by atoms with Crippen molar-refractivity contribution in [1.82, 2.24) is 0 Å². The van der Waals surface area contributed by atoms with E-state index >= 15 is 0 Å². The van der Waals surface area contributed by atoms with E-state index in [1.165, 1.54) is 57.8 Å². The standard InChI is InChI=1S/C48H84NO10P/c1-6-8-10-12-14-15-16-17-18-19-20-21-22-23-24-26-32-38-48(53)59-46(43-58-60(54,55)57-41-40-49(3,4)5)42-56-47(52)39-33-37-45(51)36-31-28-27-30-35-44(50)34-29-25-13-11-9-7-2/h14-15,17-18,25,27-31,35-36,44-46,50-51H,6-13,16,19-24,26,32-34,37-43H2,1-5H3/p+1/b15-14-,18-17-,28-27+,29-25-,35-30+,36-31-/t44-,45-,46-/m1/s1. The van der Waals surface area contributed by atoms with Crippen LogP contribution in [0.15, 0.2) is 72.9 Å². The van der Waals surface area contributed by atoms with Crippen LogP contribution in [0, 0.1) is 0 Å². The number of unbranched alkanes of at least 4 members (excludes halogenated alkanes) is 13. The molecule has 60 heavy (non-hydrogen) atoms. The first kappa shape index (κ1) is 57.4. The van der Waals surface area contributed by atoms with E-state index in [9.17, 15) is 29.3 Å². The summed E-state index contributed by atoms with van der Waals surface area (Å²) in [5.41, 5.74) is 0. The predicted molar refractivity (Wildman–Crippen MR) is 245 cm³/mol. The fourth-order valence-corrected chi connectivity index (χ4v) is 6.45. The number of ether oxygens (including phenoxy) is 2. The van der Waals surface area contributed by atoms with Crippen molar-refractivity contribution >= 4 is 19.8 Å². The van der Waals surface area contributed by atoms with Crippen LogP contribution in [0.1, 0.15) is 155 Å². The van der Waals surface area contributed by atoms with Crippen LogP contribution in [-0.4, -0.2) is 97.3 Å². The van der Waals surface area contributed by atoms with Crippen LogP contribution in [0.5, 0.6) is 0 Å². The number of aliphatic hydroxyl groups is 2. The lowest BCUT2D eigenvalue weighted by Crippen LogP contribution is -2.37. The van der Waals surface area contributed by atoms with Crippen LogP contribution in [-0.2, 0) is 32.7 Å². The summed E-state index contributed by atoms with van der Waals surface area (Å²) in [5.74, 6) is -1.05. The number of esters is 2. The van der Waals surface area contributed by atoms with Gasteiger partial charge in [0.05, 0.1) is 40.0 Å². The van der Waals surface area contributed by atoms with Crippen molar-refractivity contribution < 1.29 is 52.3 Å². The normalized spacial score (nSPS) is 15.3. The lowest BCUT2D eigenvalue weighted by molar-refractivity contribution is -0.870. The summed E-state index contributed by atoms with van der Waals surface area (Å²) in [6.07, 6.45) is 41.5. The summed E-state index contributed by atoms with van der Waals surface area (Å²) in [6.45, 7) is 4.03. The fraction of sp³-hybridized carbons (Fsp3) is 0.708. The maximum atomic E-state index is 12.7. The monoisotopic (exact) mass is 867 g/mol. The Labute approximate surface area is 364 Å². The Kier molecular flexibility index (Phi) is 37.5. The molecule has 0 aliphatic rings. The Balaban J connectivity index is 4.61. The van der Waals surface area contributed by atoms with Gasteiger partial charge in [-0.05, 0) is 70.6 Å². The first-order chi connectivity index (χ1) is 28.8. The van der Waals surface area contributed by atoms with Gasteiger partial charge in [-0.3, -0.25) is 18.6 Å². The molecule has 0 amide bonds. The molecule has 0 fully saturated rings. The van der Waals surface area contributed by atoms with Gasteiger partial charge in [0.1, 0.15) is 19.8 Å². The van der Waals surface area contributed by atoms with E-state index in [0.717, 1.165) is 44.9 Å².